The maximum Gasteiger partial charge on any atom is 0.209 e. The van der Waals surface area contributed by atoms with Gasteiger partial charge >= 0.3 is 0 Å². The van der Waals surface area contributed by atoms with Crippen LogP contribution in [0.3, 0.4) is 0 Å². The third-order valence-corrected chi connectivity index (χ3v) is 4.99. The summed E-state index contributed by atoms with van der Waals surface area (Å²) in [6, 6.07) is 11.2. The van der Waals surface area contributed by atoms with Crippen LogP contribution in [0.15, 0.2) is 59.0 Å². The van der Waals surface area contributed by atoms with Crippen LogP contribution in [0.1, 0.15) is 52.4 Å². The van der Waals surface area contributed by atoms with Gasteiger partial charge in [0.2, 0.25) is 5.13 Å². The first-order chi connectivity index (χ1) is 13.4. The Bertz CT molecular complexity index is 1020. The number of nitrogens with zero attached hydrogens (tertiary/aromatic N) is 2. The molecule has 3 rings (SSSR count). The van der Waals surface area contributed by atoms with Gasteiger partial charge in [0.1, 0.15) is 5.75 Å². The van der Waals surface area contributed by atoms with Crippen LogP contribution in [0, 0.1) is 6.92 Å². The normalized spacial score (nSPS) is 11.7. The molecule has 2 aromatic carbocycles. The van der Waals surface area contributed by atoms with Crippen molar-refractivity contribution >= 4 is 34.5 Å². The lowest BCUT2D eigenvalue weighted by Gasteiger charge is -2.12. The number of carbonyl (C=O) groups is 1. The van der Waals surface area contributed by atoms with Crippen molar-refractivity contribution in [1.82, 2.24) is 4.98 Å². The highest BCUT2D eigenvalue weighted by atomic mass is 32.1. The highest BCUT2D eigenvalue weighted by Gasteiger charge is 2.11. The third kappa shape index (κ3) is 4.81. The number of aryl methyl sites for hydroxylation is 1. The molecule has 0 unspecified atom stereocenters. The van der Waals surface area contributed by atoms with Crippen molar-refractivity contribution < 1.29 is 9.90 Å². The Labute approximate surface area is 168 Å². The van der Waals surface area contributed by atoms with E-state index in [0.29, 0.717) is 16.3 Å². The van der Waals surface area contributed by atoms with E-state index in [1.165, 1.54) is 11.3 Å². The number of carbonyl (C=O) groups excluding carboxylic acids is 1. The summed E-state index contributed by atoms with van der Waals surface area (Å²) in [5, 5.41) is 13.1. The Morgan fingerprint density at radius 3 is 2.61 bits per heavy atom. The second-order valence-corrected chi connectivity index (χ2v) is 7.71. The summed E-state index contributed by atoms with van der Waals surface area (Å²) in [6.45, 7) is 6.02. The largest absolute Gasteiger partial charge is 0.507 e. The molecule has 4 nitrogen and oxygen atoms in total. The Kier molecular flexibility index (Phi) is 6.16. The Morgan fingerprint density at radius 2 is 1.96 bits per heavy atom. The molecule has 5 heteroatoms. The molecule has 0 spiro atoms. The summed E-state index contributed by atoms with van der Waals surface area (Å²) in [6.07, 6.45) is 6.63. The molecule has 0 radical (unpaired) electrons. The second kappa shape index (κ2) is 8.76. The SMILES string of the molecule is Cc1ccc(C(=O)/C=C/c2cc(/C=N/c3nccs3)c(O)c(C(C)C)c2)cc1. The van der Waals surface area contributed by atoms with Gasteiger partial charge in [-0.15, -0.1) is 11.3 Å². The average molecular weight is 391 g/mol. The number of allylic oxidation sites excluding steroid dienone is 1. The minimum Gasteiger partial charge on any atom is -0.507 e. The van der Waals surface area contributed by atoms with Gasteiger partial charge in [0.05, 0.1) is 0 Å². The highest BCUT2D eigenvalue weighted by molar-refractivity contribution is 7.13. The van der Waals surface area contributed by atoms with E-state index in [4.69, 9.17) is 0 Å². The molecular weight excluding hydrogens is 368 g/mol. The molecule has 0 aliphatic carbocycles. The number of ketones is 1. The first kappa shape index (κ1) is 19.7. The molecule has 1 heterocycles. The molecule has 1 N–H and O–H groups in total. The standard InChI is InChI=1S/C23H22N2O2S/c1-15(2)20-13-17(6-9-21(26)18-7-4-16(3)5-8-18)12-19(22(20)27)14-25-23-24-10-11-28-23/h4-15,27H,1-3H3/b9-6+,25-14+. The Morgan fingerprint density at radius 1 is 1.21 bits per heavy atom. The molecule has 142 valence electrons. The molecule has 1 aromatic heterocycles. The third-order valence-electron chi connectivity index (χ3n) is 4.31. The molecule has 0 amide bonds. The van der Waals surface area contributed by atoms with Crippen molar-refractivity contribution in [2.45, 2.75) is 26.7 Å². The number of aromatic nitrogens is 1. The van der Waals surface area contributed by atoms with Crippen LogP contribution < -0.4 is 0 Å². The zero-order valence-electron chi connectivity index (χ0n) is 16.1. The fourth-order valence-electron chi connectivity index (χ4n) is 2.73. The van der Waals surface area contributed by atoms with Gasteiger partial charge in [-0.3, -0.25) is 4.79 Å². The van der Waals surface area contributed by atoms with E-state index in [1.807, 2.05) is 62.5 Å². The number of hydrogen-bond donors (Lipinski definition) is 1. The second-order valence-electron chi connectivity index (χ2n) is 6.84. The van der Waals surface area contributed by atoms with E-state index >= 15 is 0 Å². The van der Waals surface area contributed by atoms with E-state index in [2.05, 4.69) is 9.98 Å². The minimum atomic E-state index is -0.0582. The minimum absolute atomic E-state index is 0.0582. The van der Waals surface area contributed by atoms with E-state index < -0.39 is 0 Å². The predicted octanol–water partition coefficient (Wildman–Crippen LogP) is 5.93. The number of thiazole rings is 1. The van der Waals surface area contributed by atoms with Gasteiger partial charge in [-0.25, -0.2) is 9.98 Å². The lowest BCUT2D eigenvalue weighted by atomic mass is 9.96. The van der Waals surface area contributed by atoms with Gasteiger partial charge in [0.25, 0.3) is 0 Å². The number of benzene rings is 2. The lowest BCUT2D eigenvalue weighted by Crippen LogP contribution is -1.96. The average Bonchev–Trinajstić information content (AvgIpc) is 3.19. The summed E-state index contributed by atoms with van der Waals surface area (Å²) < 4.78 is 0. The summed E-state index contributed by atoms with van der Waals surface area (Å²) in [4.78, 5) is 20.9. The smallest absolute Gasteiger partial charge is 0.209 e. The van der Waals surface area contributed by atoms with E-state index in [0.717, 1.165) is 16.7 Å². The van der Waals surface area contributed by atoms with Crippen LogP contribution in [-0.4, -0.2) is 22.1 Å². The topological polar surface area (TPSA) is 62.5 Å². The van der Waals surface area contributed by atoms with Crippen molar-refractivity contribution in [3.8, 4) is 5.75 Å². The van der Waals surface area contributed by atoms with Gasteiger partial charge in [-0.1, -0.05) is 49.8 Å². The van der Waals surface area contributed by atoms with Crippen LogP contribution in [0.2, 0.25) is 0 Å². The molecule has 0 aliphatic heterocycles. The summed E-state index contributed by atoms with van der Waals surface area (Å²) >= 11 is 1.43. The Balaban J connectivity index is 1.91. The summed E-state index contributed by atoms with van der Waals surface area (Å²) in [5.74, 6) is 0.280. The number of aliphatic imine (C=N–C) groups is 1. The molecule has 0 bridgehead atoms. The van der Waals surface area contributed by atoms with E-state index in [1.54, 1.807) is 24.6 Å². The van der Waals surface area contributed by atoms with Crippen molar-refractivity contribution in [2.75, 3.05) is 0 Å². The van der Waals surface area contributed by atoms with Crippen LogP contribution in [0.25, 0.3) is 6.08 Å². The first-order valence-electron chi connectivity index (χ1n) is 9.03. The predicted molar refractivity (Wildman–Crippen MR) is 116 cm³/mol. The zero-order chi connectivity index (χ0) is 20.1. The van der Waals surface area contributed by atoms with Crippen molar-refractivity contribution in [1.29, 1.82) is 0 Å². The maximum atomic E-state index is 12.4. The van der Waals surface area contributed by atoms with Gasteiger partial charge in [-0.05, 0) is 42.2 Å². The van der Waals surface area contributed by atoms with Crippen molar-refractivity contribution in [3.63, 3.8) is 0 Å². The molecule has 0 atom stereocenters. The fourth-order valence-corrected chi connectivity index (χ4v) is 3.21. The monoisotopic (exact) mass is 390 g/mol. The van der Waals surface area contributed by atoms with Crippen molar-refractivity contribution in [3.05, 3.63) is 81.9 Å². The highest BCUT2D eigenvalue weighted by Crippen LogP contribution is 2.31. The number of hydrogen-bond acceptors (Lipinski definition) is 5. The van der Waals surface area contributed by atoms with Gasteiger partial charge < -0.3 is 5.11 Å². The molecule has 0 saturated heterocycles. The van der Waals surface area contributed by atoms with Gasteiger partial charge in [0.15, 0.2) is 5.78 Å². The van der Waals surface area contributed by atoms with Crippen LogP contribution in [-0.2, 0) is 0 Å². The Hall–Kier alpha value is -3.05. The lowest BCUT2D eigenvalue weighted by molar-refractivity contribution is 0.104. The zero-order valence-corrected chi connectivity index (χ0v) is 16.9. The number of aromatic hydroxyl groups is 1. The molecule has 28 heavy (non-hydrogen) atoms. The number of phenolic OH excluding ortho intramolecular Hbond substituents is 1. The molecule has 0 saturated carbocycles. The van der Waals surface area contributed by atoms with E-state index in [9.17, 15) is 9.90 Å². The quantitative estimate of drug-likeness (QED) is 0.322. The molecule has 0 fully saturated rings. The molecule has 0 aliphatic rings. The number of rotatable bonds is 6. The molecular formula is C23H22N2O2S. The summed E-state index contributed by atoms with van der Waals surface area (Å²) in [7, 11) is 0. The van der Waals surface area contributed by atoms with Crippen LogP contribution >= 0.6 is 11.3 Å². The molecule has 3 aromatic rings. The fraction of sp³-hybridized carbons (Fsp3) is 0.174. The van der Waals surface area contributed by atoms with Gasteiger partial charge in [-0.2, -0.15) is 0 Å². The van der Waals surface area contributed by atoms with Gasteiger partial charge in [0, 0.05) is 28.9 Å². The van der Waals surface area contributed by atoms with E-state index in [-0.39, 0.29) is 17.5 Å². The van der Waals surface area contributed by atoms with Crippen LogP contribution in [0.4, 0.5) is 5.13 Å². The first-order valence-corrected chi connectivity index (χ1v) is 9.91. The van der Waals surface area contributed by atoms with Crippen LogP contribution in [0.5, 0.6) is 5.75 Å². The number of phenols is 1. The summed E-state index contributed by atoms with van der Waals surface area (Å²) in [5.41, 5.74) is 4.01. The maximum absolute atomic E-state index is 12.4. The van der Waals surface area contributed by atoms with Crippen molar-refractivity contribution in [2.24, 2.45) is 4.99 Å².